The van der Waals surface area contributed by atoms with E-state index in [1.165, 1.54) is 24.0 Å². The molecule has 2 aliphatic rings. The maximum Gasteiger partial charge on any atom is 0.309 e. The van der Waals surface area contributed by atoms with Gasteiger partial charge in [-0.3, -0.25) is 9.59 Å². The Morgan fingerprint density at radius 3 is 2.58 bits per heavy atom. The van der Waals surface area contributed by atoms with Crippen LogP contribution in [0.25, 0.3) is 0 Å². The van der Waals surface area contributed by atoms with Crippen molar-refractivity contribution in [1.82, 2.24) is 10.6 Å². The molecule has 3 rings (SSSR count). The van der Waals surface area contributed by atoms with Gasteiger partial charge in [0.05, 0.1) is 5.60 Å². The second kappa shape index (κ2) is 8.49. The summed E-state index contributed by atoms with van der Waals surface area (Å²) in [5.74, 6) is -1.30. The molecule has 26 heavy (non-hydrogen) atoms. The summed E-state index contributed by atoms with van der Waals surface area (Å²) in [5.41, 5.74) is 2.74. The fraction of sp³-hybridized carbons (Fsp3) is 0.524. The Morgan fingerprint density at radius 2 is 1.81 bits per heavy atom. The third-order valence-corrected chi connectivity index (χ3v) is 5.40. The lowest BCUT2D eigenvalue weighted by atomic mass is 9.80. The maximum absolute atomic E-state index is 12.0. The van der Waals surface area contributed by atoms with Crippen molar-refractivity contribution in [2.24, 2.45) is 0 Å². The Balaban J connectivity index is 1.41. The first-order valence-corrected chi connectivity index (χ1v) is 9.59. The first-order chi connectivity index (χ1) is 12.6. The molecule has 3 N–H and O–H groups in total. The van der Waals surface area contributed by atoms with E-state index in [-0.39, 0.29) is 6.54 Å². The van der Waals surface area contributed by atoms with E-state index < -0.39 is 17.4 Å². The lowest BCUT2D eigenvalue weighted by Gasteiger charge is -2.33. The number of amides is 2. The van der Waals surface area contributed by atoms with Gasteiger partial charge in [0.25, 0.3) is 0 Å². The van der Waals surface area contributed by atoms with Crippen LogP contribution in [0.1, 0.15) is 49.7 Å². The Kier molecular flexibility index (Phi) is 6.09. The third kappa shape index (κ3) is 4.94. The summed E-state index contributed by atoms with van der Waals surface area (Å²) in [5, 5.41) is 16.0. The van der Waals surface area contributed by atoms with Crippen LogP contribution in [-0.2, 0) is 22.4 Å². The number of carbonyl (C=O) groups is 2. The largest absolute Gasteiger partial charge is 0.388 e. The van der Waals surface area contributed by atoms with Gasteiger partial charge in [-0.05, 0) is 56.1 Å². The average molecular weight is 356 g/mol. The number of fused-ring (bicyclic) bond motifs is 1. The van der Waals surface area contributed by atoms with Crippen LogP contribution in [0.15, 0.2) is 35.9 Å². The lowest BCUT2D eigenvalue weighted by molar-refractivity contribution is -0.139. The second-order valence-corrected chi connectivity index (χ2v) is 7.47. The van der Waals surface area contributed by atoms with Crippen LogP contribution in [0.2, 0.25) is 0 Å². The molecular weight excluding hydrogens is 328 g/mol. The zero-order chi connectivity index (χ0) is 18.4. The molecule has 0 radical (unpaired) electrons. The van der Waals surface area contributed by atoms with E-state index in [0.717, 1.165) is 31.2 Å². The van der Waals surface area contributed by atoms with Gasteiger partial charge in [0.15, 0.2) is 0 Å². The summed E-state index contributed by atoms with van der Waals surface area (Å²) in [6.45, 7) is 0.578. The number of allylic oxidation sites excluding steroid dienone is 1. The van der Waals surface area contributed by atoms with Crippen molar-refractivity contribution in [3.8, 4) is 0 Å². The van der Waals surface area contributed by atoms with Gasteiger partial charge in [-0.2, -0.15) is 0 Å². The molecule has 0 bridgehead atoms. The fourth-order valence-corrected chi connectivity index (χ4v) is 3.81. The third-order valence-electron chi connectivity index (χ3n) is 5.40. The second-order valence-electron chi connectivity index (χ2n) is 7.47. The van der Waals surface area contributed by atoms with E-state index >= 15 is 0 Å². The molecule has 0 spiro atoms. The quantitative estimate of drug-likeness (QED) is 0.558. The molecule has 0 saturated heterocycles. The number of aliphatic hydroxyl groups is 1. The highest BCUT2D eigenvalue weighted by atomic mass is 16.3. The Bertz CT molecular complexity index is 698. The Hall–Kier alpha value is -2.14. The molecule has 2 aliphatic carbocycles. The summed E-state index contributed by atoms with van der Waals surface area (Å²) in [6, 6.07) is 8.04. The average Bonchev–Trinajstić information content (AvgIpc) is 2.67. The lowest BCUT2D eigenvalue weighted by Crippen LogP contribution is -2.50. The van der Waals surface area contributed by atoms with Crippen molar-refractivity contribution in [1.29, 1.82) is 0 Å². The molecule has 2 amide bonds. The van der Waals surface area contributed by atoms with Crippen LogP contribution in [0, 0.1) is 0 Å². The van der Waals surface area contributed by atoms with Crippen LogP contribution in [0.4, 0.5) is 0 Å². The van der Waals surface area contributed by atoms with E-state index in [1.807, 2.05) is 18.2 Å². The minimum atomic E-state index is -0.989. The standard InChI is InChI=1S/C21H28N2O3/c24-19(22-13-11-16-6-2-1-3-7-16)20(25)23-15-21(26)12-10-17-8-4-5-9-18(17)14-21/h4-6,8-9,26H,1-3,7,10-15H2,(H,22,24)(H,23,25). The number of carbonyl (C=O) groups excluding carboxylic acids is 2. The molecule has 0 fully saturated rings. The van der Waals surface area contributed by atoms with Gasteiger partial charge in [-0.15, -0.1) is 0 Å². The van der Waals surface area contributed by atoms with Crippen LogP contribution >= 0.6 is 0 Å². The molecule has 0 aromatic heterocycles. The molecule has 1 aromatic rings. The van der Waals surface area contributed by atoms with Crippen LogP contribution in [-0.4, -0.2) is 35.6 Å². The highest BCUT2D eigenvalue weighted by molar-refractivity contribution is 6.35. The number of benzene rings is 1. The minimum Gasteiger partial charge on any atom is -0.388 e. The summed E-state index contributed by atoms with van der Waals surface area (Å²) < 4.78 is 0. The molecular formula is C21H28N2O3. The highest BCUT2D eigenvalue weighted by Crippen LogP contribution is 2.28. The van der Waals surface area contributed by atoms with Crippen molar-refractivity contribution < 1.29 is 14.7 Å². The van der Waals surface area contributed by atoms with E-state index in [1.54, 1.807) is 0 Å². The van der Waals surface area contributed by atoms with E-state index in [4.69, 9.17) is 0 Å². The SMILES string of the molecule is O=C(NCCC1=CCCCC1)C(=O)NCC1(O)CCc2ccccc2C1. The van der Waals surface area contributed by atoms with Gasteiger partial charge < -0.3 is 15.7 Å². The Labute approximate surface area is 154 Å². The number of hydrogen-bond donors (Lipinski definition) is 3. The molecule has 5 nitrogen and oxygen atoms in total. The van der Waals surface area contributed by atoms with E-state index in [0.29, 0.717) is 19.4 Å². The number of hydrogen-bond acceptors (Lipinski definition) is 3. The van der Waals surface area contributed by atoms with Crippen LogP contribution in [0.5, 0.6) is 0 Å². The molecule has 5 heteroatoms. The zero-order valence-electron chi connectivity index (χ0n) is 15.2. The van der Waals surface area contributed by atoms with Crippen molar-refractivity contribution in [3.63, 3.8) is 0 Å². The van der Waals surface area contributed by atoms with Gasteiger partial charge in [0.2, 0.25) is 0 Å². The number of nitrogens with one attached hydrogen (secondary N) is 2. The molecule has 0 aliphatic heterocycles. The number of aryl methyl sites for hydroxylation is 1. The summed E-state index contributed by atoms with van der Waals surface area (Å²) in [6.07, 6.45) is 9.57. The van der Waals surface area contributed by atoms with Crippen molar-refractivity contribution in [2.45, 2.75) is 57.0 Å². The van der Waals surface area contributed by atoms with Gasteiger partial charge in [-0.1, -0.05) is 35.9 Å². The van der Waals surface area contributed by atoms with Crippen LogP contribution < -0.4 is 10.6 Å². The van der Waals surface area contributed by atoms with Gasteiger partial charge >= 0.3 is 11.8 Å². The smallest absolute Gasteiger partial charge is 0.309 e. The maximum atomic E-state index is 12.0. The van der Waals surface area contributed by atoms with Crippen molar-refractivity contribution in [2.75, 3.05) is 13.1 Å². The topological polar surface area (TPSA) is 78.4 Å². The predicted octanol–water partition coefficient (Wildman–Crippen LogP) is 2.03. The molecule has 0 saturated carbocycles. The van der Waals surface area contributed by atoms with Gasteiger partial charge in [0.1, 0.15) is 0 Å². The molecule has 1 unspecified atom stereocenters. The number of rotatable bonds is 5. The van der Waals surface area contributed by atoms with Gasteiger partial charge in [0, 0.05) is 19.5 Å². The summed E-state index contributed by atoms with van der Waals surface area (Å²) in [7, 11) is 0. The van der Waals surface area contributed by atoms with Gasteiger partial charge in [-0.25, -0.2) is 0 Å². The van der Waals surface area contributed by atoms with Crippen molar-refractivity contribution in [3.05, 3.63) is 47.0 Å². The molecule has 1 aromatic carbocycles. The first-order valence-electron chi connectivity index (χ1n) is 9.59. The monoisotopic (exact) mass is 356 g/mol. The van der Waals surface area contributed by atoms with E-state index in [2.05, 4.69) is 22.8 Å². The van der Waals surface area contributed by atoms with Crippen molar-refractivity contribution >= 4 is 11.8 Å². The predicted molar refractivity (Wildman–Crippen MR) is 101 cm³/mol. The summed E-state index contributed by atoms with van der Waals surface area (Å²) in [4.78, 5) is 23.9. The first kappa shape index (κ1) is 18.6. The Morgan fingerprint density at radius 1 is 1.04 bits per heavy atom. The molecule has 0 heterocycles. The highest BCUT2D eigenvalue weighted by Gasteiger charge is 2.32. The normalized spacial score (nSPS) is 22.1. The molecule has 140 valence electrons. The minimum absolute atomic E-state index is 0.0960. The molecule has 1 atom stereocenters. The van der Waals surface area contributed by atoms with Crippen LogP contribution in [0.3, 0.4) is 0 Å². The van der Waals surface area contributed by atoms with E-state index in [9.17, 15) is 14.7 Å². The zero-order valence-corrected chi connectivity index (χ0v) is 15.2. The fourth-order valence-electron chi connectivity index (χ4n) is 3.81. The summed E-state index contributed by atoms with van der Waals surface area (Å²) >= 11 is 0.